The molecule has 2 aromatic rings. The molecule has 0 saturated heterocycles. The lowest BCUT2D eigenvalue weighted by atomic mass is 10.2. The van der Waals surface area contributed by atoms with Crippen molar-refractivity contribution in [3.05, 3.63) is 42.1 Å². The van der Waals surface area contributed by atoms with Crippen LogP contribution in [0.1, 0.15) is 5.56 Å². The van der Waals surface area contributed by atoms with Gasteiger partial charge in [0.2, 0.25) is 0 Å². The molecule has 1 aromatic heterocycles. The molecule has 0 atom stereocenters. The van der Waals surface area contributed by atoms with E-state index in [0.717, 1.165) is 16.5 Å². The highest BCUT2D eigenvalue weighted by Gasteiger charge is 1.93. The summed E-state index contributed by atoms with van der Waals surface area (Å²) in [6, 6.07) is 10.1. The summed E-state index contributed by atoms with van der Waals surface area (Å²) in [6.45, 7) is 0.553. The van der Waals surface area contributed by atoms with E-state index in [2.05, 4.69) is 11.1 Å². The van der Waals surface area contributed by atoms with Gasteiger partial charge in [-0.05, 0) is 17.7 Å². The van der Waals surface area contributed by atoms with Crippen molar-refractivity contribution in [1.29, 1.82) is 0 Å². The molecule has 5 heteroatoms. The lowest BCUT2D eigenvalue weighted by Gasteiger charge is -1.98. The molecule has 0 bridgehead atoms. The second-order valence-electron chi connectivity index (χ2n) is 2.74. The molecule has 0 spiro atoms. The summed E-state index contributed by atoms with van der Waals surface area (Å²) >= 11 is 0. The summed E-state index contributed by atoms with van der Waals surface area (Å²) in [4.78, 5) is 4.27. The molecule has 84 valence electrons. The average molecular weight is 249 g/mol. The van der Waals surface area contributed by atoms with Crippen LogP contribution < -0.4 is 5.73 Å². The fourth-order valence-electron chi connectivity index (χ4n) is 1.23. The standard InChI is InChI=1S/C10H10N2.2ClH.H2O/c11-6-8-5-9-3-1-2-4-10(9)12-7-8;;;/h1-5,7H,6,11H2;2*1H;1H2. The molecule has 0 saturated carbocycles. The predicted molar refractivity (Wildman–Crippen MR) is 67.7 cm³/mol. The number of nitrogens with two attached hydrogens (primary N) is 1. The van der Waals surface area contributed by atoms with Crippen LogP contribution in [0.3, 0.4) is 0 Å². The van der Waals surface area contributed by atoms with Gasteiger partial charge in [-0.2, -0.15) is 0 Å². The number of rotatable bonds is 1. The molecule has 0 aliphatic heterocycles. The Morgan fingerprint density at radius 2 is 1.80 bits per heavy atom. The molecule has 1 heterocycles. The second kappa shape index (κ2) is 7.43. The first-order chi connectivity index (χ1) is 5.90. The summed E-state index contributed by atoms with van der Waals surface area (Å²) in [7, 11) is 0. The first-order valence-electron chi connectivity index (χ1n) is 3.94. The highest BCUT2D eigenvalue weighted by molar-refractivity contribution is 5.85. The highest BCUT2D eigenvalue weighted by atomic mass is 35.5. The summed E-state index contributed by atoms with van der Waals surface area (Å²) in [5, 5.41) is 1.15. The van der Waals surface area contributed by atoms with Crippen molar-refractivity contribution >= 4 is 35.7 Å². The first kappa shape index (κ1) is 16.6. The summed E-state index contributed by atoms with van der Waals surface area (Å²) in [5.41, 5.74) is 7.60. The molecule has 0 aliphatic carbocycles. The summed E-state index contributed by atoms with van der Waals surface area (Å²) in [5.74, 6) is 0. The number of hydrogen-bond donors (Lipinski definition) is 1. The Morgan fingerprint density at radius 3 is 2.47 bits per heavy atom. The Labute approximate surface area is 101 Å². The van der Waals surface area contributed by atoms with Crippen molar-refractivity contribution < 1.29 is 5.48 Å². The van der Waals surface area contributed by atoms with Crippen molar-refractivity contribution in [2.24, 2.45) is 5.73 Å². The van der Waals surface area contributed by atoms with Crippen LogP contribution in [0.2, 0.25) is 0 Å². The van der Waals surface area contributed by atoms with Gasteiger partial charge in [0.25, 0.3) is 0 Å². The van der Waals surface area contributed by atoms with Gasteiger partial charge in [-0.25, -0.2) is 0 Å². The van der Waals surface area contributed by atoms with Gasteiger partial charge in [-0.15, -0.1) is 24.8 Å². The summed E-state index contributed by atoms with van der Waals surface area (Å²) in [6.07, 6.45) is 1.82. The minimum absolute atomic E-state index is 0. The average Bonchev–Trinajstić information content (AvgIpc) is 2.17. The van der Waals surface area contributed by atoms with E-state index in [1.807, 2.05) is 30.5 Å². The maximum absolute atomic E-state index is 5.50. The normalized spacial score (nSPS) is 8.33. The Hall–Kier alpha value is -0.870. The van der Waals surface area contributed by atoms with Crippen LogP contribution in [0.5, 0.6) is 0 Å². The molecular formula is C10H14Cl2N2O. The van der Waals surface area contributed by atoms with Gasteiger partial charge in [-0.3, -0.25) is 4.98 Å². The maximum atomic E-state index is 5.50. The number of halogens is 2. The lowest BCUT2D eigenvalue weighted by molar-refractivity contribution is 0.824. The molecule has 2 rings (SSSR count). The molecular weight excluding hydrogens is 235 g/mol. The van der Waals surface area contributed by atoms with Gasteiger partial charge < -0.3 is 11.2 Å². The number of nitrogens with zero attached hydrogens (tertiary/aromatic N) is 1. The van der Waals surface area contributed by atoms with Crippen LogP contribution in [0, 0.1) is 0 Å². The topological polar surface area (TPSA) is 70.4 Å². The first-order valence-corrected chi connectivity index (χ1v) is 3.94. The van der Waals surface area contributed by atoms with E-state index >= 15 is 0 Å². The molecule has 0 radical (unpaired) electrons. The van der Waals surface area contributed by atoms with E-state index in [1.54, 1.807) is 0 Å². The minimum Gasteiger partial charge on any atom is -0.412 e. The van der Waals surface area contributed by atoms with Gasteiger partial charge in [0.15, 0.2) is 0 Å². The van der Waals surface area contributed by atoms with Crippen molar-refractivity contribution in [3.8, 4) is 0 Å². The SMILES string of the molecule is Cl.Cl.NCc1cnc2ccccc2c1.O. The third-order valence-electron chi connectivity index (χ3n) is 1.88. The van der Waals surface area contributed by atoms with Gasteiger partial charge in [0.1, 0.15) is 0 Å². The largest absolute Gasteiger partial charge is 0.412 e. The third kappa shape index (κ3) is 3.64. The molecule has 1 aromatic carbocycles. The number of benzene rings is 1. The van der Waals surface area contributed by atoms with Crippen LogP contribution >= 0.6 is 24.8 Å². The van der Waals surface area contributed by atoms with Gasteiger partial charge >= 0.3 is 0 Å². The quantitative estimate of drug-likeness (QED) is 0.835. The Bertz CT molecular complexity index is 409. The molecule has 4 N–H and O–H groups in total. The number of pyridine rings is 1. The fraction of sp³-hybridized carbons (Fsp3) is 0.100. The van der Waals surface area contributed by atoms with E-state index in [9.17, 15) is 0 Å². The van der Waals surface area contributed by atoms with E-state index in [-0.39, 0.29) is 30.3 Å². The zero-order valence-corrected chi connectivity index (χ0v) is 9.65. The molecule has 15 heavy (non-hydrogen) atoms. The van der Waals surface area contributed by atoms with Crippen LogP contribution in [0.4, 0.5) is 0 Å². The fourth-order valence-corrected chi connectivity index (χ4v) is 1.23. The molecule has 0 unspecified atom stereocenters. The molecule has 3 nitrogen and oxygen atoms in total. The van der Waals surface area contributed by atoms with Crippen LogP contribution in [0.15, 0.2) is 36.5 Å². The number of aromatic nitrogens is 1. The minimum atomic E-state index is 0. The number of fused-ring (bicyclic) bond motifs is 1. The van der Waals surface area contributed by atoms with Crippen molar-refractivity contribution in [2.45, 2.75) is 6.54 Å². The second-order valence-corrected chi connectivity index (χ2v) is 2.74. The van der Waals surface area contributed by atoms with Crippen LogP contribution in [0.25, 0.3) is 10.9 Å². The lowest BCUT2D eigenvalue weighted by Crippen LogP contribution is -1.96. The van der Waals surface area contributed by atoms with Crippen LogP contribution in [-0.2, 0) is 6.54 Å². The third-order valence-corrected chi connectivity index (χ3v) is 1.88. The Morgan fingerprint density at radius 1 is 1.13 bits per heavy atom. The van der Waals surface area contributed by atoms with Crippen molar-refractivity contribution in [3.63, 3.8) is 0 Å². The zero-order valence-electron chi connectivity index (χ0n) is 8.01. The maximum Gasteiger partial charge on any atom is 0.0702 e. The summed E-state index contributed by atoms with van der Waals surface area (Å²) < 4.78 is 0. The van der Waals surface area contributed by atoms with E-state index in [1.165, 1.54) is 0 Å². The number of para-hydroxylation sites is 1. The van der Waals surface area contributed by atoms with Gasteiger partial charge in [0.05, 0.1) is 5.52 Å². The highest BCUT2D eigenvalue weighted by Crippen LogP contribution is 2.11. The monoisotopic (exact) mass is 248 g/mol. The van der Waals surface area contributed by atoms with Crippen molar-refractivity contribution in [2.75, 3.05) is 0 Å². The Kier molecular flexibility index (Phi) is 8.20. The smallest absolute Gasteiger partial charge is 0.0702 e. The molecule has 0 amide bonds. The van der Waals surface area contributed by atoms with Gasteiger partial charge in [-0.1, -0.05) is 18.2 Å². The zero-order chi connectivity index (χ0) is 8.39. The van der Waals surface area contributed by atoms with E-state index < -0.39 is 0 Å². The molecule has 0 fully saturated rings. The Balaban J connectivity index is 0. The van der Waals surface area contributed by atoms with E-state index in [0.29, 0.717) is 6.54 Å². The van der Waals surface area contributed by atoms with Crippen LogP contribution in [-0.4, -0.2) is 10.5 Å². The van der Waals surface area contributed by atoms with Crippen molar-refractivity contribution in [1.82, 2.24) is 4.98 Å². The van der Waals surface area contributed by atoms with Gasteiger partial charge in [0, 0.05) is 18.1 Å². The number of hydrogen-bond acceptors (Lipinski definition) is 2. The molecule has 0 aliphatic rings. The predicted octanol–water partition coefficient (Wildman–Crippen LogP) is 1.71. The van der Waals surface area contributed by atoms with E-state index in [4.69, 9.17) is 5.73 Å².